The Morgan fingerprint density at radius 3 is 2.41 bits per heavy atom. The van der Waals surface area contributed by atoms with Gasteiger partial charge in [-0.1, -0.05) is 22.9 Å². The number of fused-ring (bicyclic) bond motifs is 1. The fourth-order valence-corrected chi connectivity index (χ4v) is 3.82. The van der Waals surface area contributed by atoms with Gasteiger partial charge in [0.15, 0.2) is 11.5 Å². The first-order chi connectivity index (χ1) is 12.9. The summed E-state index contributed by atoms with van der Waals surface area (Å²) < 4.78 is 54.7. The zero-order valence-corrected chi connectivity index (χ0v) is 16.1. The first-order valence-corrected chi connectivity index (χ1v) is 9.79. The van der Waals surface area contributed by atoms with Crippen molar-refractivity contribution in [1.29, 1.82) is 0 Å². The molecule has 0 saturated carbocycles. The summed E-state index contributed by atoms with van der Waals surface area (Å²) in [5.41, 5.74) is 1.95. The molecular weight excluding hydrogens is 373 g/mol. The number of ether oxygens (including phenoxy) is 2. The van der Waals surface area contributed by atoms with Crippen LogP contribution in [-0.4, -0.2) is 28.3 Å². The highest BCUT2D eigenvalue weighted by molar-refractivity contribution is 7.86. The number of rotatable bonds is 5. The molecule has 1 aliphatic carbocycles. The van der Waals surface area contributed by atoms with E-state index >= 15 is 0 Å². The SMILES string of the molecule is COc1cc(F)c2c(c1OC)CCC/C2=N\OS(=O)(=O)c1ccc(C)cc1. The standard InChI is InChI=1S/C19H20FNO5S/c1-12-7-9-13(10-8-12)27(22,23)26-21-16-6-4-5-14-18(16)15(20)11-17(24-2)19(14)25-3/h7-11H,4-6H2,1-3H3/b21-16+. The summed E-state index contributed by atoms with van der Waals surface area (Å²) in [5, 5.41) is 3.78. The van der Waals surface area contributed by atoms with Crippen LogP contribution in [0.15, 0.2) is 40.4 Å². The average Bonchev–Trinajstić information content (AvgIpc) is 2.66. The Balaban J connectivity index is 1.99. The zero-order chi connectivity index (χ0) is 19.6. The fraction of sp³-hybridized carbons (Fsp3) is 0.316. The predicted octanol–water partition coefficient (Wildman–Crippen LogP) is 3.60. The molecule has 0 amide bonds. The Morgan fingerprint density at radius 1 is 1.07 bits per heavy atom. The summed E-state index contributed by atoms with van der Waals surface area (Å²) in [6.45, 7) is 1.85. The van der Waals surface area contributed by atoms with Gasteiger partial charge in [-0.3, -0.25) is 4.28 Å². The van der Waals surface area contributed by atoms with Crippen molar-refractivity contribution in [3.8, 4) is 11.5 Å². The minimum atomic E-state index is -4.09. The van der Waals surface area contributed by atoms with Crippen molar-refractivity contribution in [3.63, 3.8) is 0 Å². The number of oxime groups is 1. The number of nitrogens with zero attached hydrogens (tertiary/aromatic N) is 1. The van der Waals surface area contributed by atoms with Crippen LogP contribution >= 0.6 is 0 Å². The lowest BCUT2D eigenvalue weighted by Gasteiger charge is -2.22. The Labute approximate surface area is 157 Å². The molecule has 0 spiro atoms. The van der Waals surface area contributed by atoms with Crippen LogP contribution in [0.2, 0.25) is 0 Å². The van der Waals surface area contributed by atoms with Crippen molar-refractivity contribution >= 4 is 15.8 Å². The number of hydrogen-bond acceptors (Lipinski definition) is 6. The molecule has 1 aliphatic rings. The molecule has 0 atom stereocenters. The second kappa shape index (κ2) is 7.56. The second-order valence-corrected chi connectivity index (χ2v) is 7.71. The number of methoxy groups -OCH3 is 2. The minimum Gasteiger partial charge on any atom is -0.493 e. The Hall–Kier alpha value is -2.61. The van der Waals surface area contributed by atoms with Crippen molar-refractivity contribution in [1.82, 2.24) is 0 Å². The zero-order valence-electron chi connectivity index (χ0n) is 15.3. The molecule has 0 fully saturated rings. The molecule has 2 aromatic rings. The first kappa shape index (κ1) is 19.2. The summed E-state index contributed by atoms with van der Waals surface area (Å²) in [4.78, 5) is -0.0127. The lowest BCUT2D eigenvalue weighted by molar-refractivity contribution is 0.335. The van der Waals surface area contributed by atoms with Crippen LogP contribution in [0.5, 0.6) is 11.5 Å². The van der Waals surface area contributed by atoms with E-state index in [4.69, 9.17) is 13.8 Å². The highest BCUT2D eigenvalue weighted by Crippen LogP contribution is 2.39. The van der Waals surface area contributed by atoms with Crippen molar-refractivity contribution in [3.05, 3.63) is 52.8 Å². The third kappa shape index (κ3) is 3.75. The maximum Gasteiger partial charge on any atom is 0.358 e. The van der Waals surface area contributed by atoms with Crippen LogP contribution in [0.1, 0.15) is 29.5 Å². The highest BCUT2D eigenvalue weighted by atomic mass is 32.2. The Morgan fingerprint density at radius 2 is 1.78 bits per heavy atom. The lowest BCUT2D eigenvalue weighted by atomic mass is 9.88. The van der Waals surface area contributed by atoms with Crippen LogP contribution < -0.4 is 9.47 Å². The molecule has 0 aromatic heterocycles. The van der Waals surface area contributed by atoms with E-state index in [1.165, 1.54) is 32.4 Å². The van der Waals surface area contributed by atoms with Crippen molar-refractivity contribution in [2.75, 3.05) is 14.2 Å². The first-order valence-electron chi connectivity index (χ1n) is 8.38. The molecule has 0 heterocycles. The summed E-state index contributed by atoms with van der Waals surface area (Å²) in [6, 6.07) is 7.40. The van der Waals surface area contributed by atoms with Gasteiger partial charge in [0.1, 0.15) is 10.7 Å². The number of benzene rings is 2. The third-order valence-corrected chi connectivity index (χ3v) is 5.52. The van der Waals surface area contributed by atoms with Gasteiger partial charge in [0.25, 0.3) is 0 Å². The second-order valence-electron chi connectivity index (χ2n) is 6.18. The van der Waals surface area contributed by atoms with Gasteiger partial charge in [-0.15, -0.1) is 0 Å². The molecule has 0 unspecified atom stereocenters. The number of aryl methyl sites for hydroxylation is 1. The van der Waals surface area contributed by atoms with E-state index in [-0.39, 0.29) is 21.9 Å². The molecular formula is C19H20FNO5S. The van der Waals surface area contributed by atoms with Gasteiger partial charge < -0.3 is 9.47 Å². The number of halogens is 1. The number of hydrogen-bond donors (Lipinski definition) is 0. The molecule has 2 aromatic carbocycles. The van der Waals surface area contributed by atoms with Crippen LogP contribution in [0.4, 0.5) is 4.39 Å². The van der Waals surface area contributed by atoms with Crippen LogP contribution in [0, 0.1) is 12.7 Å². The summed E-state index contributed by atoms with van der Waals surface area (Å²) in [5.74, 6) is 0.142. The molecule has 0 radical (unpaired) electrons. The normalized spacial score (nSPS) is 15.3. The summed E-state index contributed by atoms with van der Waals surface area (Å²) >= 11 is 0. The lowest BCUT2D eigenvalue weighted by Crippen LogP contribution is -2.17. The summed E-state index contributed by atoms with van der Waals surface area (Å²) in [6.07, 6.45) is 1.61. The molecule has 0 bridgehead atoms. The van der Waals surface area contributed by atoms with Gasteiger partial charge in [-0.05, 0) is 38.3 Å². The van der Waals surface area contributed by atoms with Crippen molar-refractivity contribution in [2.24, 2.45) is 5.16 Å². The molecule has 3 rings (SSSR count). The summed E-state index contributed by atoms with van der Waals surface area (Å²) in [7, 11) is -1.18. The Bertz CT molecular complexity index is 984. The van der Waals surface area contributed by atoms with E-state index in [1.54, 1.807) is 12.1 Å². The monoisotopic (exact) mass is 393 g/mol. The van der Waals surface area contributed by atoms with Crippen LogP contribution in [-0.2, 0) is 20.8 Å². The molecule has 0 N–H and O–H groups in total. The van der Waals surface area contributed by atoms with E-state index < -0.39 is 15.9 Å². The molecule has 8 heteroatoms. The topological polar surface area (TPSA) is 74.2 Å². The van der Waals surface area contributed by atoms with E-state index in [1.807, 2.05) is 6.92 Å². The van der Waals surface area contributed by atoms with Crippen LogP contribution in [0.25, 0.3) is 0 Å². The van der Waals surface area contributed by atoms with Gasteiger partial charge in [0.05, 0.1) is 19.9 Å². The average molecular weight is 393 g/mol. The van der Waals surface area contributed by atoms with E-state index in [0.717, 1.165) is 5.56 Å². The Kier molecular flexibility index (Phi) is 5.36. The van der Waals surface area contributed by atoms with Gasteiger partial charge in [-0.2, -0.15) is 8.42 Å². The third-order valence-electron chi connectivity index (χ3n) is 4.40. The highest BCUT2D eigenvalue weighted by Gasteiger charge is 2.27. The van der Waals surface area contributed by atoms with E-state index in [0.29, 0.717) is 30.6 Å². The molecule has 0 aliphatic heterocycles. The molecule has 144 valence electrons. The van der Waals surface area contributed by atoms with Gasteiger partial charge in [0, 0.05) is 17.2 Å². The van der Waals surface area contributed by atoms with Crippen LogP contribution in [0.3, 0.4) is 0 Å². The van der Waals surface area contributed by atoms with Gasteiger partial charge in [-0.25, -0.2) is 4.39 Å². The van der Waals surface area contributed by atoms with Crippen molar-refractivity contribution < 1.29 is 26.6 Å². The quantitative estimate of drug-likeness (QED) is 0.726. The smallest absolute Gasteiger partial charge is 0.358 e. The predicted molar refractivity (Wildman–Crippen MR) is 98.4 cm³/mol. The fourth-order valence-electron chi connectivity index (χ4n) is 3.08. The minimum absolute atomic E-state index is 0.0127. The maximum atomic E-state index is 14.7. The van der Waals surface area contributed by atoms with Gasteiger partial charge in [0.2, 0.25) is 0 Å². The van der Waals surface area contributed by atoms with Gasteiger partial charge >= 0.3 is 10.1 Å². The van der Waals surface area contributed by atoms with Crippen molar-refractivity contribution in [2.45, 2.75) is 31.1 Å². The maximum absolute atomic E-state index is 14.7. The molecule has 6 nitrogen and oxygen atoms in total. The van der Waals surface area contributed by atoms with E-state index in [9.17, 15) is 12.8 Å². The molecule has 0 saturated heterocycles. The largest absolute Gasteiger partial charge is 0.493 e. The van der Waals surface area contributed by atoms with E-state index in [2.05, 4.69) is 5.16 Å². The molecule has 27 heavy (non-hydrogen) atoms.